The molecule has 0 bridgehead atoms. The molecule has 0 aliphatic carbocycles. The van der Waals surface area contributed by atoms with Crippen LogP contribution in [-0.4, -0.2) is 42.2 Å². The van der Waals surface area contributed by atoms with Crippen molar-refractivity contribution in [1.29, 1.82) is 0 Å². The highest BCUT2D eigenvalue weighted by Gasteiger charge is 2.13. The summed E-state index contributed by atoms with van der Waals surface area (Å²) in [5.41, 5.74) is 1.77. The molecule has 1 aromatic carbocycles. The third kappa shape index (κ3) is 3.10. The van der Waals surface area contributed by atoms with Gasteiger partial charge in [-0.25, -0.2) is 9.67 Å². The smallest absolute Gasteiger partial charge is 0.278 e. The SMILES string of the molecule is COc1ccc(Cn2cnc3nc(-n4cc(C(C)=O)cn4)[nH]c(=O)c32)cc1. The predicted molar refractivity (Wildman–Crippen MR) is 97.4 cm³/mol. The molecule has 0 amide bonds. The van der Waals surface area contributed by atoms with Gasteiger partial charge < -0.3 is 9.30 Å². The number of carbonyl (C=O) groups excluding carboxylic acids is 1. The van der Waals surface area contributed by atoms with E-state index in [1.54, 1.807) is 18.0 Å². The summed E-state index contributed by atoms with van der Waals surface area (Å²) < 4.78 is 8.23. The van der Waals surface area contributed by atoms with Crippen molar-refractivity contribution in [2.45, 2.75) is 13.5 Å². The molecule has 0 fully saturated rings. The number of aromatic amines is 1. The lowest BCUT2D eigenvalue weighted by Crippen LogP contribution is -2.16. The number of nitrogens with one attached hydrogen (secondary N) is 1. The van der Waals surface area contributed by atoms with Crippen molar-refractivity contribution in [2.75, 3.05) is 7.11 Å². The molecule has 3 heterocycles. The van der Waals surface area contributed by atoms with Gasteiger partial charge in [0.2, 0.25) is 5.95 Å². The van der Waals surface area contributed by atoms with Crippen molar-refractivity contribution in [3.63, 3.8) is 0 Å². The second kappa shape index (κ2) is 6.52. The summed E-state index contributed by atoms with van der Waals surface area (Å²) in [6.45, 7) is 1.92. The first kappa shape index (κ1) is 16.7. The number of benzene rings is 1. The maximum atomic E-state index is 12.6. The van der Waals surface area contributed by atoms with Gasteiger partial charge in [-0.05, 0) is 24.6 Å². The number of ether oxygens (including phenoxy) is 1. The van der Waals surface area contributed by atoms with Crippen molar-refractivity contribution in [3.05, 3.63) is 64.5 Å². The summed E-state index contributed by atoms with van der Waals surface area (Å²) in [6.07, 6.45) is 4.51. The topological polar surface area (TPSA) is 108 Å². The molecule has 0 aliphatic rings. The van der Waals surface area contributed by atoms with Crippen LogP contribution in [0.4, 0.5) is 0 Å². The fraction of sp³-hybridized carbons (Fsp3) is 0.167. The zero-order chi connectivity index (χ0) is 19.0. The van der Waals surface area contributed by atoms with Crippen LogP contribution in [0, 0.1) is 0 Å². The van der Waals surface area contributed by atoms with Gasteiger partial charge in [0.1, 0.15) is 5.75 Å². The zero-order valence-corrected chi connectivity index (χ0v) is 14.7. The van der Waals surface area contributed by atoms with Gasteiger partial charge in [0, 0.05) is 12.7 Å². The summed E-state index contributed by atoms with van der Waals surface area (Å²) in [5, 5.41) is 4.06. The molecule has 0 saturated carbocycles. The molecule has 1 N–H and O–H groups in total. The Bertz CT molecular complexity index is 1190. The van der Waals surface area contributed by atoms with Crippen molar-refractivity contribution in [2.24, 2.45) is 0 Å². The number of hydrogen-bond acceptors (Lipinski definition) is 6. The standard InChI is InChI=1S/C18H16N6O3/c1-11(25)13-7-20-24(9-13)18-21-16-15(17(26)22-18)23(10-19-16)8-12-3-5-14(27-2)6-4-12/h3-7,9-10H,8H2,1-2H3,(H,21,22,26). The van der Waals surface area contributed by atoms with Gasteiger partial charge in [-0.15, -0.1) is 0 Å². The maximum Gasteiger partial charge on any atom is 0.278 e. The Hall–Kier alpha value is -3.75. The summed E-state index contributed by atoms with van der Waals surface area (Å²) >= 11 is 0. The zero-order valence-electron chi connectivity index (χ0n) is 14.7. The molecule has 0 saturated heterocycles. The number of ketones is 1. The molecule has 9 nitrogen and oxygen atoms in total. The van der Waals surface area contributed by atoms with E-state index < -0.39 is 0 Å². The molecule has 3 aromatic heterocycles. The van der Waals surface area contributed by atoms with Crippen molar-refractivity contribution >= 4 is 16.9 Å². The molecule has 0 aliphatic heterocycles. The van der Waals surface area contributed by atoms with Crippen LogP contribution in [0.3, 0.4) is 0 Å². The molecule has 0 atom stereocenters. The van der Waals surface area contributed by atoms with E-state index >= 15 is 0 Å². The van der Waals surface area contributed by atoms with Crippen LogP contribution in [0.2, 0.25) is 0 Å². The number of imidazole rings is 1. The van der Waals surface area contributed by atoms with Crippen LogP contribution < -0.4 is 10.3 Å². The first-order valence-corrected chi connectivity index (χ1v) is 8.19. The molecule has 0 radical (unpaired) electrons. The van der Waals surface area contributed by atoms with Crippen molar-refractivity contribution in [3.8, 4) is 11.7 Å². The third-order valence-electron chi connectivity index (χ3n) is 4.19. The minimum absolute atomic E-state index is 0.117. The third-order valence-corrected chi connectivity index (χ3v) is 4.19. The molecule has 0 unspecified atom stereocenters. The van der Waals surface area contributed by atoms with Crippen molar-refractivity contribution < 1.29 is 9.53 Å². The Morgan fingerprint density at radius 3 is 2.70 bits per heavy atom. The molecular formula is C18H16N6O3. The number of nitrogens with zero attached hydrogens (tertiary/aromatic N) is 5. The van der Waals surface area contributed by atoms with Crippen LogP contribution in [-0.2, 0) is 6.54 Å². The fourth-order valence-electron chi connectivity index (χ4n) is 2.75. The van der Waals surface area contributed by atoms with E-state index in [1.807, 2.05) is 24.3 Å². The summed E-state index contributed by atoms with van der Waals surface area (Å²) in [7, 11) is 1.61. The number of carbonyl (C=O) groups is 1. The van der Waals surface area contributed by atoms with E-state index in [0.717, 1.165) is 11.3 Å². The number of rotatable bonds is 5. The van der Waals surface area contributed by atoms with Crippen LogP contribution in [0.15, 0.2) is 47.8 Å². The van der Waals surface area contributed by atoms with Gasteiger partial charge in [-0.1, -0.05) is 12.1 Å². The predicted octanol–water partition coefficient (Wildman–Crippen LogP) is 1.56. The van der Waals surface area contributed by atoms with Gasteiger partial charge >= 0.3 is 0 Å². The van der Waals surface area contributed by atoms with Crippen LogP contribution in [0.25, 0.3) is 17.1 Å². The Kier molecular flexibility index (Phi) is 4.03. The fourth-order valence-corrected chi connectivity index (χ4v) is 2.75. The van der Waals surface area contributed by atoms with Gasteiger partial charge in [0.05, 0.1) is 25.2 Å². The highest BCUT2D eigenvalue weighted by atomic mass is 16.5. The van der Waals surface area contributed by atoms with E-state index in [0.29, 0.717) is 23.3 Å². The highest BCUT2D eigenvalue weighted by Crippen LogP contribution is 2.14. The number of aromatic nitrogens is 6. The molecule has 4 rings (SSSR count). The monoisotopic (exact) mass is 364 g/mol. The minimum atomic E-state index is -0.333. The van der Waals surface area contributed by atoms with Gasteiger partial charge in [0.25, 0.3) is 5.56 Å². The summed E-state index contributed by atoms with van der Waals surface area (Å²) in [6, 6.07) is 7.57. The Morgan fingerprint density at radius 2 is 2.04 bits per heavy atom. The highest BCUT2D eigenvalue weighted by molar-refractivity contribution is 5.93. The van der Waals surface area contributed by atoms with Crippen LogP contribution in [0.1, 0.15) is 22.8 Å². The summed E-state index contributed by atoms with van der Waals surface area (Å²) in [5.74, 6) is 0.852. The number of H-pyrrole nitrogens is 1. The lowest BCUT2D eigenvalue weighted by Gasteiger charge is -2.06. The van der Waals surface area contributed by atoms with E-state index in [4.69, 9.17) is 4.74 Å². The number of hydrogen-bond donors (Lipinski definition) is 1. The van der Waals surface area contributed by atoms with Crippen LogP contribution >= 0.6 is 0 Å². The Morgan fingerprint density at radius 1 is 1.26 bits per heavy atom. The molecule has 4 aromatic rings. The molecule has 9 heteroatoms. The first-order chi connectivity index (χ1) is 13.0. The second-order valence-electron chi connectivity index (χ2n) is 6.01. The van der Waals surface area contributed by atoms with Gasteiger partial charge in [0.15, 0.2) is 16.9 Å². The largest absolute Gasteiger partial charge is 0.497 e. The number of methoxy groups -OCH3 is 1. The second-order valence-corrected chi connectivity index (χ2v) is 6.01. The Balaban J connectivity index is 1.70. The van der Waals surface area contributed by atoms with Gasteiger partial charge in [-0.3, -0.25) is 14.6 Å². The Labute approximate surface area is 153 Å². The lowest BCUT2D eigenvalue weighted by atomic mass is 10.2. The quantitative estimate of drug-likeness (QED) is 0.539. The first-order valence-electron chi connectivity index (χ1n) is 8.19. The van der Waals surface area contributed by atoms with Crippen LogP contribution in [0.5, 0.6) is 5.75 Å². The average Bonchev–Trinajstić information content (AvgIpc) is 3.30. The summed E-state index contributed by atoms with van der Waals surface area (Å²) in [4.78, 5) is 35.3. The normalized spacial score (nSPS) is 11.0. The average molecular weight is 364 g/mol. The van der Waals surface area contributed by atoms with E-state index in [1.165, 1.54) is 24.0 Å². The van der Waals surface area contributed by atoms with E-state index in [2.05, 4.69) is 20.1 Å². The molecule has 27 heavy (non-hydrogen) atoms. The van der Waals surface area contributed by atoms with Gasteiger partial charge in [-0.2, -0.15) is 10.1 Å². The lowest BCUT2D eigenvalue weighted by molar-refractivity contribution is 0.101. The minimum Gasteiger partial charge on any atom is -0.497 e. The van der Waals surface area contributed by atoms with Crippen molar-refractivity contribution in [1.82, 2.24) is 29.3 Å². The number of fused-ring (bicyclic) bond motifs is 1. The molecule has 0 spiro atoms. The van der Waals surface area contributed by atoms with E-state index in [9.17, 15) is 9.59 Å². The number of Topliss-reactive ketones (excluding diaryl/α,β-unsaturated/α-hetero) is 1. The maximum absolute atomic E-state index is 12.6. The molecular weight excluding hydrogens is 348 g/mol. The molecule has 136 valence electrons. The van der Waals surface area contributed by atoms with E-state index in [-0.39, 0.29) is 17.3 Å².